The van der Waals surface area contributed by atoms with Gasteiger partial charge in [0, 0.05) is 37.4 Å². The number of para-hydroxylation sites is 1. The summed E-state index contributed by atoms with van der Waals surface area (Å²) in [6.45, 7) is 15.7. The van der Waals surface area contributed by atoms with Crippen LogP contribution >= 0.6 is 0 Å². The zero-order valence-electron chi connectivity index (χ0n) is 37.6. The SMILES string of the molecule is CC(C)Cc1cc(-c2[c-]cccc2)nc[c]1[Ge]([CH3])([CH3])[CH3].Cc1nccc2nc(-c3[c-]ccc4c3oc3ccccc34)n(-c3c(C(C)C)cc(-c4ccccc4)cc3C(C)C)c12.[Ir]. The Balaban J connectivity index is 0.000000233. The maximum absolute atomic E-state index is 6.49. The number of pyridine rings is 2. The molecular weight excluding hydrogens is 997 g/mol. The number of hydrogen-bond acceptors (Lipinski definition) is 4. The molecule has 62 heavy (non-hydrogen) atoms. The van der Waals surface area contributed by atoms with Gasteiger partial charge in [0.2, 0.25) is 0 Å². The summed E-state index contributed by atoms with van der Waals surface area (Å²) in [5.41, 5.74) is 15.2. The molecule has 0 atom stereocenters. The number of hydrogen-bond donors (Lipinski definition) is 0. The summed E-state index contributed by atoms with van der Waals surface area (Å²) in [7, 11) is 0. The average molecular weight is 1050 g/mol. The number of fused-ring (bicyclic) bond motifs is 4. The Kier molecular flexibility index (Phi) is 13.5. The third-order valence-corrected chi connectivity index (χ3v) is 15.8. The van der Waals surface area contributed by atoms with E-state index in [1.54, 1.807) is 4.40 Å². The molecule has 4 aromatic heterocycles. The van der Waals surface area contributed by atoms with Gasteiger partial charge in [0.25, 0.3) is 0 Å². The van der Waals surface area contributed by atoms with Crippen LogP contribution < -0.4 is 4.40 Å². The topological polar surface area (TPSA) is 56.7 Å². The number of furan rings is 1. The first-order valence-electron chi connectivity index (χ1n) is 21.7. The van der Waals surface area contributed by atoms with Crippen molar-refractivity contribution in [3.8, 4) is 39.5 Å². The second kappa shape index (κ2) is 18.7. The van der Waals surface area contributed by atoms with E-state index in [0.29, 0.717) is 5.92 Å². The van der Waals surface area contributed by atoms with Gasteiger partial charge >= 0.3 is 126 Å². The molecule has 0 N–H and O–H groups in total. The largest absolute Gasteiger partial charge is 0.501 e. The van der Waals surface area contributed by atoms with E-state index >= 15 is 0 Å². The number of nitrogens with zero attached hydrogens (tertiary/aromatic N) is 4. The molecule has 9 aromatic rings. The van der Waals surface area contributed by atoms with Gasteiger partial charge in [-0.15, -0.1) is 18.2 Å². The van der Waals surface area contributed by atoms with Crippen molar-refractivity contribution < 1.29 is 24.5 Å². The first-order chi connectivity index (χ1) is 29.3. The van der Waals surface area contributed by atoms with Crippen molar-refractivity contribution >= 4 is 50.6 Å². The normalized spacial score (nSPS) is 11.8. The third kappa shape index (κ3) is 9.02. The molecule has 9 rings (SSSR count). The summed E-state index contributed by atoms with van der Waals surface area (Å²) in [6, 6.07) is 46.8. The van der Waals surface area contributed by atoms with Crippen LogP contribution in [-0.4, -0.2) is 32.8 Å². The van der Waals surface area contributed by atoms with Crippen molar-refractivity contribution in [2.75, 3.05) is 0 Å². The fourth-order valence-electron chi connectivity index (χ4n) is 8.52. The van der Waals surface area contributed by atoms with Gasteiger partial charge in [-0.2, -0.15) is 0 Å². The van der Waals surface area contributed by atoms with Crippen LogP contribution in [0, 0.1) is 25.0 Å². The molecule has 317 valence electrons. The molecule has 0 aliphatic rings. The summed E-state index contributed by atoms with van der Waals surface area (Å²) in [6.07, 6.45) is 5.11. The maximum atomic E-state index is 6.49. The summed E-state index contributed by atoms with van der Waals surface area (Å²) >= 11 is -1.86. The first-order valence-corrected chi connectivity index (χ1v) is 29.0. The van der Waals surface area contributed by atoms with Crippen molar-refractivity contribution in [2.45, 2.75) is 84.0 Å². The van der Waals surface area contributed by atoms with E-state index in [9.17, 15) is 0 Å². The van der Waals surface area contributed by atoms with E-state index in [-0.39, 0.29) is 31.9 Å². The minimum Gasteiger partial charge on any atom is -0.501 e. The van der Waals surface area contributed by atoms with Crippen molar-refractivity contribution in [3.63, 3.8) is 0 Å². The molecule has 0 unspecified atom stereocenters. The number of imidazole rings is 1. The smallest absolute Gasteiger partial charge is 0.120 e. The first kappa shape index (κ1) is 44.9. The van der Waals surface area contributed by atoms with Crippen molar-refractivity contribution in [1.29, 1.82) is 0 Å². The van der Waals surface area contributed by atoms with Crippen molar-refractivity contribution in [2.24, 2.45) is 5.92 Å². The van der Waals surface area contributed by atoms with Gasteiger partial charge in [0.1, 0.15) is 5.58 Å². The zero-order chi connectivity index (χ0) is 43.0. The Morgan fingerprint density at radius 3 is 2.06 bits per heavy atom. The van der Waals surface area contributed by atoms with E-state index < -0.39 is 13.3 Å². The molecule has 4 heterocycles. The number of aryl methyl sites for hydroxylation is 1. The van der Waals surface area contributed by atoms with Crippen LogP contribution in [0.4, 0.5) is 0 Å². The molecule has 0 amide bonds. The van der Waals surface area contributed by atoms with E-state index in [4.69, 9.17) is 19.4 Å². The molecule has 0 aliphatic carbocycles. The van der Waals surface area contributed by atoms with Gasteiger partial charge in [-0.25, -0.2) is 0 Å². The standard InChI is InChI=1S/C37H32N3O.C18H24GeN.Ir/c1-22(2)30-20-26(25-12-7-6-8-13-25)21-31(23(3)4)35(30)40-34-24(5)38-19-18-32(34)39-37(40)29-16-11-15-28-27-14-9-10-17-33(27)41-36(28)29;1-14(2)11-16-12-18(15-9-7-6-8-10-15)20-13-17(16)19(3,4)5;/h6-15,17-23H,1-5H3;6-9,12-14H,11H2,1-5H3;/q2*-1;. The van der Waals surface area contributed by atoms with Crippen molar-refractivity contribution in [3.05, 3.63) is 162 Å². The van der Waals surface area contributed by atoms with Gasteiger partial charge in [0.05, 0.1) is 28.1 Å². The Labute approximate surface area is 383 Å². The molecule has 0 bridgehead atoms. The van der Waals surface area contributed by atoms with E-state index in [0.717, 1.165) is 67.7 Å². The molecule has 0 fully saturated rings. The average Bonchev–Trinajstić information content (AvgIpc) is 3.83. The summed E-state index contributed by atoms with van der Waals surface area (Å²) in [5.74, 6) is 9.36. The number of aromatic nitrogens is 4. The molecule has 0 aliphatic heterocycles. The molecule has 7 heteroatoms. The van der Waals surface area contributed by atoms with Gasteiger partial charge in [-0.1, -0.05) is 87.2 Å². The van der Waals surface area contributed by atoms with Crippen LogP contribution in [-0.2, 0) is 26.5 Å². The molecule has 0 saturated heterocycles. The van der Waals surface area contributed by atoms with E-state index in [1.807, 2.05) is 48.7 Å². The van der Waals surface area contributed by atoms with Gasteiger partial charge < -0.3 is 8.98 Å². The van der Waals surface area contributed by atoms with Gasteiger partial charge in [-0.05, 0) is 65.3 Å². The number of benzene rings is 5. The minimum atomic E-state index is -1.86. The maximum Gasteiger partial charge on any atom is 0.120 e. The fraction of sp³-hybridized carbons (Fsp3) is 0.255. The zero-order valence-corrected chi connectivity index (χ0v) is 42.1. The van der Waals surface area contributed by atoms with Crippen LogP contribution in [0.15, 0.2) is 132 Å². The van der Waals surface area contributed by atoms with Crippen molar-refractivity contribution in [1.82, 2.24) is 19.5 Å². The Morgan fingerprint density at radius 2 is 1.40 bits per heavy atom. The monoisotopic (exact) mass is 1060 g/mol. The van der Waals surface area contributed by atoms with Crippen LogP contribution in [0.25, 0.3) is 72.4 Å². The Bertz CT molecular complexity index is 2950. The molecule has 1 radical (unpaired) electrons. The summed E-state index contributed by atoms with van der Waals surface area (Å²) in [4.78, 5) is 14.7. The molecule has 0 spiro atoms. The molecule has 5 nitrogen and oxygen atoms in total. The summed E-state index contributed by atoms with van der Waals surface area (Å²) in [5, 5.41) is 2.16. The van der Waals surface area contributed by atoms with Crippen LogP contribution in [0.2, 0.25) is 17.3 Å². The summed E-state index contributed by atoms with van der Waals surface area (Å²) < 4.78 is 10.4. The number of rotatable bonds is 9. The molecular formula is C55H56GeIrN4O-2. The quantitative estimate of drug-likeness (QED) is 0.107. The van der Waals surface area contributed by atoms with Crippen LogP contribution in [0.1, 0.15) is 75.8 Å². The van der Waals surface area contributed by atoms with E-state index in [2.05, 4.69) is 161 Å². The Morgan fingerprint density at radius 1 is 0.710 bits per heavy atom. The Hall–Kier alpha value is -5.14. The third-order valence-electron chi connectivity index (χ3n) is 11.5. The van der Waals surface area contributed by atoms with Crippen LogP contribution in [0.5, 0.6) is 0 Å². The molecule has 5 aromatic carbocycles. The second-order valence-corrected chi connectivity index (χ2v) is 28.8. The molecule has 0 saturated carbocycles. The predicted molar refractivity (Wildman–Crippen MR) is 259 cm³/mol. The van der Waals surface area contributed by atoms with E-state index in [1.165, 1.54) is 33.5 Å². The minimum absolute atomic E-state index is 0. The second-order valence-electron chi connectivity index (χ2n) is 18.3. The van der Waals surface area contributed by atoms with Gasteiger partial charge in [-0.3, -0.25) is 9.97 Å². The fourth-order valence-corrected chi connectivity index (χ4v) is 11.9. The predicted octanol–water partition coefficient (Wildman–Crippen LogP) is 14.3. The van der Waals surface area contributed by atoms with Gasteiger partial charge in [0.15, 0.2) is 0 Å². The van der Waals surface area contributed by atoms with Crippen LogP contribution in [0.3, 0.4) is 0 Å².